The molecule has 1 aliphatic heterocycles. The molecule has 1 aliphatic rings. The Kier molecular flexibility index (Phi) is 6.74. The van der Waals surface area contributed by atoms with Crippen molar-refractivity contribution in [1.29, 1.82) is 0 Å². The van der Waals surface area contributed by atoms with Crippen molar-refractivity contribution >= 4 is 17.5 Å². The predicted octanol–water partition coefficient (Wildman–Crippen LogP) is 6.34. The molecular formula is C26H19F7N2O2. The summed E-state index contributed by atoms with van der Waals surface area (Å²) in [4.78, 5) is 26.9. The number of amides is 2. The first kappa shape index (κ1) is 26.2. The zero-order chi connectivity index (χ0) is 27.1. The molecule has 0 saturated carbocycles. The summed E-state index contributed by atoms with van der Waals surface area (Å²) in [7, 11) is 1.38. The lowest BCUT2D eigenvalue weighted by atomic mass is 9.85. The second-order valence-corrected chi connectivity index (χ2v) is 8.65. The number of para-hydroxylation sites is 1. The largest absolute Gasteiger partial charge is 0.417 e. The maximum absolute atomic E-state index is 14.1. The van der Waals surface area contributed by atoms with Gasteiger partial charge in [-0.15, -0.1) is 0 Å². The molecule has 0 radical (unpaired) electrons. The Morgan fingerprint density at radius 3 is 2.27 bits per heavy atom. The Labute approximate surface area is 206 Å². The number of carbonyl (C=O) groups excluding carboxylic acids is 2. The predicted molar refractivity (Wildman–Crippen MR) is 121 cm³/mol. The fourth-order valence-corrected chi connectivity index (χ4v) is 4.41. The molecule has 0 bridgehead atoms. The highest BCUT2D eigenvalue weighted by Crippen LogP contribution is 2.42. The summed E-state index contributed by atoms with van der Waals surface area (Å²) < 4.78 is 95.6. The van der Waals surface area contributed by atoms with Gasteiger partial charge >= 0.3 is 12.4 Å². The van der Waals surface area contributed by atoms with Gasteiger partial charge in [0.05, 0.1) is 16.8 Å². The zero-order valence-corrected chi connectivity index (χ0v) is 19.1. The van der Waals surface area contributed by atoms with E-state index in [0.717, 1.165) is 36.4 Å². The standard InChI is InChI=1S/C26H19F7N2O2/c1-35-13-18(22(24(35)37)23(36)34-21-8-3-2-7-20(21)27)15-9-10-17(19(12-15)26(31,32)33)14-5-4-6-16(11-14)25(28,29)30/h2-12,18,22H,13H2,1H3,(H,34,36). The van der Waals surface area contributed by atoms with E-state index in [1.165, 1.54) is 36.2 Å². The molecule has 3 aromatic rings. The molecular weight excluding hydrogens is 505 g/mol. The Morgan fingerprint density at radius 2 is 1.62 bits per heavy atom. The fourth-order valence-electron chi connectivity index (χ4n) is 4.41. The summed E-state index contributed by atoms with van der Waals surface area (Å²) >= 11 is 0. The van der Waals surface area contributed by atoms with Crippen LogP contribution in [0.2, 0.25) is 0 Å². The van der Waals surface area contributed by atoms with Gasteiger partial charge in [0.15, 0.2) is 0 Å². The molecule has 11 heteroatoms. The van der Waals surface area contributed by atoms with Crippen LogP contribution < -0.4 is 5.32 Å². The minimum atomic E-state index is -4.95. The summed E-state index contributed by atoms with van der Waals surface area (Å²) in [5, 5.41) is 2.32. The third-order valence-corrected chi connectivity index (χ3v) is 6.21. The van der Waals surface area contributed by atoms with Gasteiger partial charge in [0.1, 0.15) is 11.7 Å². The Bertz CT molecular complexity index is 1350. The smallest absolute Gasteiger partial charge is 0.344 e. The summed E-state index contributed by atoms with van der Waals surface area (Å²) in [6.07, 6.45) is -9.69. The maximum atomic E-state index is 14.1. The molecule has 1 saturated heterocycles. The summed E-state index contributed by atoms with van der Waals surface area (Å²) in [5.74, 6) is -4.75. The van der Waals surface area contributed by atoms with E-state index in [9.17, 15) is 40.3 Å². The molecule has 0 aliphatic carbocycles. The van der Waals surface area contributed by atoms with Crippen LogP contribution in [0.5, 0.6) is 0 Å². The first-order chi connectivity index (χ1) is 17.3. The zero-order valence-electron chi connectivity index (χ0n) is 19.1. The molecule has 1 N–H and O–H groups in total. The van der Waals surface area contributed by atoms with Gasteiger partial charge in [0.25, 0.3) is 0 Å². The van der Waals surface area contributed by atoms with E-state index >= 15 is 0 Å². The SMILES string of the molecule is CN1CC(c2ccc(-c3cccc(C(F)(F)F)c3)c(C(F)(F)F)c2)C(C(=O)Nc2ccccc2F)C1=O. The molecule has 2 amide bonds. The van der Waals surface area contributed by atoms with Crippen molar-refractivity contribution in [2.24, 2.45) is 5.92 Å². The number of anilines is 1. The van der Waals surface area contributed by atoms with E-state index in [-0.39, 0.29) is 23.4 Å². The van der Waals surface area contributed by atoms with Gasteiger partial charge in [-0.05, 0) is 47.0 Å². The van der Waals surface area contributed by atoms with Gasteiger partial charge in [0, 0.05) is 19.5 Å². The molecule has 3 aromatic carbocycles. The average molecular weight is 524 g/mol. The van der Waals surface area contributed by atoms with E-state index in [1.807, 2.05) is 0 Å². The second kappa shape index (κ2) is 9.53. The molecule has 0 aromatic heterocycles. The molecule has 37 heavy (non-hydrogen) atoms. The van der Waals surface area contributed by atoms with Crippen LogP contribution in [0.3, 0.4) is 0 Å². The number of nitrogens with one attached hydrogen (secondary N) is 1. The van der Waals surface area contributed by atoms with Crippen molar-refractivity contribution in [3.05, 3.63) is 89.2 Å². The van der Waals surface area contributed by atoms with Crippen LogP contribution in [-0.4, -0.2) is 30.3 Å². The van der Waals surface area contributed by atoms with Crippen molar-refractivity contribution in [1.82, 2.24) is 4.90 Å². The molecule has 1 fully saturated rings. The van der Waals surface area contributed by atoms with Crippen molar-refractivity contribution in [3.63, 3.8) is 0 Å². The molecule has 4 nitrogen and oxygen atoms in total. The van der Waals surface area contributed by atoms with Gasteiger partial charge < -0.3 is 10.2 Å². The number of nitrogens with zero attached hydrogens (tertiary/aromatic N) is 1. The van der Waals surface area contributed by atoms with Crippen molar-refractivity contribution in [2.75, 3.05) is 18.9 Å². The molecule has 0 spiro atoms. The lowest BCUT2D eigenvalue weighted by Gasteiger charge is -2.21. The summed E-state index contributed by atoms with van der Waals surface area (Å²) in [5.41, 5.74) is -3.27. The summed E-state index contributed by atoms with van der Waals surface area (Å²) in [6, 6.07) is 11.8. The van der Waals surface area contributed by atoms with Crippen LogP contribution in [0, 0.1) is 11.7 Å². The van der Waals surface area contributed by atoms with Gasteiger partial charge in [-0.3, -0.25) is 9.59 Å². The topological polar surface area (TPSA) is 49.4 Å². The van der Waals surface area contributed by atoms with Gasteiger partial charge in [-0.1, -0.05) is 36.4 Å². The molecule has 4 rings (SSSR count). The monoisotopic (exact) mass is 524 g/mol. The van der Waals surface area contributed by atoms with Crippen LogP contribution >= 0.6 is 0 Å². The molecule has 2 atom stereocenters. The number of likely N-dealkylation sites (N-methyl/N-ethyl adjacent to an activating group) is 1. The van der Waals surface area contributed by atoms with Crippen molar-refractivity contribution in [3.8, 4) is 11.1 Å². The van der Waals surface area contributed by atoms with Crippen LogP contribution in [0.4, 0.5) is 36.4 Å². The van der Waals surface area contributed by atoms with Gasteiger partial charge in [-0.25, -0.2) is 4.39 Å². The number of benzene rings is 3. The fraction of sp³-hybridized carbons (Fsp3) is 0.231. The lowest BCUT2D eigenvalue weighted by Crippen LogP contribution is -2.33. The number of halogens is 7. The summed E-state index contributed by atoms with van der Waals surface area (Å²) in [6.45, 7) is -0.0889. The highest BCUT2D eigenvalue weighted by atomic mass is 19.4. The van der Waals surface area contributed by atoms with Gasteiger partial charge in [0.2, 0.25) is 11.8 Å². The van der Waals surface area contributed by atoms with Crippen LogP contribution in [0.1, 0.15) is 22.6 Å². The minimum absolute atomic E-state index is 0.00515. The normalized spacial score (nSPS) is 18.3. The number of alkyl halides is 6. The van der Waals surface area contributed by atoms with Crippen molar-refractivity contribution in [2.45, 2.75) is 18.3 Å². The molecule has 1 heterocycles. The molecule has 2 unspecified atom stereocenters. The highest BCUT2D eigenvalue weighted by Gasteiger charge is 2.45. The van der Waals surface area contributed by atoms with E-state index in [0.29, 0.717) is 6.07 Å². The quantitative estimate of drug-likeness (QED) is 0.320. The Morgan fingerprint density at radius 1 is 0.919 bits per heavy atom. The molecule has 194 valence electrons. The maximum Gasteiger partial charge on any atom is 0.417 e. The van der Waals surface area contributed by atoms with E-state index in [2.05, 4.69) is 5.32 Å². The van der Waals surface area contributed by atoms with Crippen molar-refractivity contribution < 1.29 is 40.3 Å². The van der Waals surface area contributed by atoms with Crippen LogP contribution in [0.15, 0.2) is 66.7 Å². The van der Waals surface area contributed by atoms with E-state index in [1.54, 1.807) is 0 Å². The highest BCUT2D eigenvalue weighted by molar-refractivity contribution is 6.08. The van der Waals surface area contributed by atoms with Gasteiger partial charge in [-0.2, -0.15) is 26.3 Å². The second-order valence-electron chi connectivity index (χ2n) is 8.65. The first-order valence-corrected chi connectivity index (χ1v) is 11.0. The lowest BCUT2D eigenvalue weighted by molar-refractivity contribution is -0.138. The Balaban J connectivity index is 1.75. The number of carbonyl (C=O) groups is 2. The minimum Gasteiger partial charge on any atom is -0.344 e. The first-order valence-electron chi connectivity index (χ1n) is 11.0. The third-order valence-electron chi connectivity index (χ3n) is 6.21. The number of hydrogen-bond donors (Lipinski definition) is 1. The van der Waals surface area contributed by atoms with Crippen LogP contribution in [0.25, 0.3) is 11.1 Å². The third kappa shape index (κ3) is 5.30. The Hall–Kier alpha value is -3.89. The number of hydrogen-bond acceptors (Lipinski definition) is 2. The van der Waals surface area contributed by atoms with E-state index in [4.69, 9.17) is 0 Å². The average Bonchev–Trinajstić information content (AvgIpc) is 3.13. The number of rotatable bonds is 4. The van der Waals surface area contributed by atoms with E-state index < -0.39 is 58.5 Å². The number of likely N-dealkylation sites (tertiary alicyclic amines) is 1. The van der Waals surface area contributed by atoms with Crippen LogP contribution in [-0.2, 0) is 21.9 Å².